The molecule has 1 rings (SSSR count). The predicted octanol–water partition coefficient (Wildman–Crippen LogP) is 2.47. The monoisotopic (exact) mass is 251 g/mol. The summed E-state index contributed by atoms with van der Waals surface area (Å²) in [5, 5.41) is 9.46. The van der Waals surface area contributed by atoms with Crippen molar-refractivity contribution in [1.82, 2.24) is 0 Å². The molecular formula is C11H16ClF2NO. The summed E-state index contributed by atoms with van der Waals surface area (Å²) in [5.74, 6) is -1.38. The van der Waals surface area contributed by atoms with Crippen molar-refractivity contribution in [2.75, 3.05) is 0 Å². The first kappa shape index (κ1) is 15.3. The average Bonchev–Trinajstić information content (AvgIpc) is 2.22. The second-order valence-electron chi connectivity index (χ2n) is 3.59. The summed E-state index contributed by atoms with van der Waals surface area (Å²) in [7, 11) is 0. The summed E-state index contributed by atoms with van der Waals surface area (Å²) < 4.78 is 26.9. The van der Waals surface area contributed by atoms with Crippen molar-refractivity contribution in [2.45, 2.75) is 32.4 Å². The third kappa shape index (κ3) is 2.90. The van der Waals surface area contributed by atoms with Crippen LogP contribution in [0.25, 0.3) is 0 Å². The van der Waals surface area contributed by atoms with Crippen molar-refractivity contribution >= 4 is 12.4 Å². The van der Waals surface area contributed by atoms with Gasteiger partial charge in [-0.05, 0) is 25.0 Å². The van der Waals surface area contributed by atoms with Gasteiger partial charge in [0.25, 0.3) is 0 Å². The Hall–Kier alpha value is -0.710. The van der Waals surface area contributed by atoms with Gasteiger partial charge >= 0.3 is 0 Å². The molecule has 2 atom stereocenters. The van der Waals surface area contributed by atoms with E-state index in [1.165, 1.54) is 13.0 Å². The Morgan fingerprint density at radius 3 is 2.44 bits per heavy atom. The molecule has 1 aromatic carbocycles. The second-order valence-corrected chi connectivity index (χ2v) is 3.59. The molecule has 0 spiro atoms. The molecule has 0 amide bonds. The molecule has 0 heterocycles. The molecular weight excluding hydrogens is 236 g/mol. The van der Waals surface area contributed by atoms with Crippen molar-refractivity contribution in [2.24, 2.45) is 5.73 Å². The summed E-state index contributed by atoms with van der Waals surface area (Å²) in [4.78, 5) is 0. The van der Waals surface area contributed by atoms with E-state index in [0.29, 0.717) is 12.0 Å². The minimum absolute atomic E-state index is 0. The molecule has 5 heteroatoms. The summed E-state index contributed by atoms with van der Waals surface area (Å²) >= 11 is 0. The molecule has 0 saturated carbocycles. The average molecular weight is 252 g/mol. The van der Waals surface area contributed by atoms with Gasteiger partial charge in [0.15, 0.2) is 0 Å². The third-order valence-electron chi connectivity index (χ3n) is 2.49. The van der Waals surface area contributed by atoms with Crippen molar-refractivity contribution < 1.29 is 13.9 Å². The van der Waals surface area contributed by atoms with E-state index >= 15 is 0 Å². The zero-order chi connectivity index (χ0) is 11.6. The first-order chi connectivity index (χ1) is 6.99. The molecule has 0 saturated heterocycles. The Morgan fingerprint density at radius 1 is 1.38 bits per heavy atom. The lowest BCUT2D eigenvalue weighted by Crippen LogP contribution is -2.27. The Kier molecular flexibility index (Phi) is 5.86. The van der Waals surface area contributed by atoms with Crippen molar-refractivity contribution in [3.05, 3.63) is 34.9 Å². The smallest absolute Gasteiger partial charge is 0.133 e. The van der Waals surface area contributed by atoms with Crippen LogP contribution in [0, 0.1) is 18.6 Å². The van der Waals surface area contributed by atoms with Gasteiger partial charge < -0.3 is 10.8 Å². The Morgan fingerprint density at radius 2 is 1.94 bits per heavy atom. The van der Waals surface area contributed by atoms with E-state index in [4.69, 9.17) is 5.73 Å². The number of rotatable bonds is 3. The van der Waals surface area contributed by atoms with E-state index in [1.54, 1.807) is 6.92 Å². The third-order valence-corrected chi connectivity index (χ3v) is 2.49. The first-order valence-electron chi connectivity index (χ1n) is 4.87. The van der Waals surface area contributed by atoms with Crippen molar-refractivity contribution in [1.29, 1.82) is 0 Å². The van der Waals surface area contributed by atoms with E-state index in [0.717, 1.165) is 6.07 Å². The van der Waals surface area contributed by atoms with Gasteiger partial charge in [-0.2, -0.15) is 0 Å². The van der Waals surface area contributed by atoms with Gasteiger partial charge in [0.05, 0.1) is 12.1 Å². The van der Waals surface area contributed by atoms with Gasteiger partial charge in [0.2, 0.25) is 0 Å². The first-order valence-corrected chi connectivity index (χ1v) is 4.87. The molecule has 0 aliphatic carbocycles. The van der Waals surface area contributed by atoms with Crippen LogP contribution >= 0.6 is 12.4 Å². The highest BCUT2D eigenvalue weighted by Crippen LogP contribution is 2.24. The lowest BCUT2D eigenvalue weighted by atomic mass is 9.97. The van der Waals surface area contributed by atoms with E-state index in [1.807, 2.05) is 0 Å². The highest BCUT2D eigenvalue weighted by Gasteiger charge is 2.23. The van der Waals surface area contributed by atoms with Crippen LogP contribution in [0.1, 0.15) is 30.5 Å². The Bertz CT molecular complexity index is 360. The molecule has 0 aliphatic heterocycles. The Balaban J connectivity index is 0.00000225. The fourth-order valence-corrected chi connectivity index (χ4v) is 1.43. The normalized spacial score (nSPS) is 14.1. The van der Waals surface area contributed by atoms with E-state index in [-0.39, 0.29) is 18.0 Å². The van der Waals surface area contributed by atoms with Crippen LogP contribution in [0.5, 0.6) is 0 Å². The van der Waals surface area contributed by atoms with Gasteiger partial charge in [-0.3, -0.25) is 0 Å². The van der Waals surface area contributed by atoms with E-state index in [9.17, 15) is 13.9 Å². The van der Waals surface area contributed by atoms with Crippen LogP contribution in [-0.2, 0) is 0 Å². The maximum Gasteiger partial charge on any atom is 0.133 e. The summed E-state index contributed by atoms with van der Waals surface area (Å²) in [6.45, 7) is 3.24. The SMILES string of the molecule is CC[C@@H](O)[C@@H](N)c1c(F)ccc(C)c1F.Cl. The quantitative estimate of drug-likeness (QED) is 0.867. The zero-order valence-electron chi connectivity index (χ0n) is 9.21. The maximum atomic E-state index is 13.6. The van der Waals surface area contributed by atoms with Gasteiger partial charge in [-0.15, -0.1) is 12.4 Å². The molecule has 0 aliphatic rings. The summed E-state index contributed by atoms with van der Waals surface area (Å²) in [6.07, 6.45) is -0.579. The highest BCUT2D eigenvalue weighted by molar-refractivity contribution is 5.85. The van der Waals surface area contributed by atoms with Gasteiger partial charge in [0.1, 0.15) is 11.6 Å². The molecule has 0 unspecified atom stereocenters. The molecule has 0 bridgehead atoms. The predicted molar refractivity (Wildman–Crippen MR) is 61.6 cm³/mol. The number of nitrogens with two attached hydrogens (primary N) is 1. The zero-order valence-corrected chi connectivity index (χ0v) is 10.0. The number of hydrogen-bond acceptors (Lipinski definition) is 2. The molecule has 0 radical (unpaired) electrons. The molecule has 3 N–H and O–H groups in total. The molecule has 0 aromatic heterocycles. The largest absolute Gasteiger partial charge is 0.391 e. The number of hydrogen-bond donors (Lipinski definition) is 2. The summed E-state index contributed by atoms with van der Waals surface area (Å²) in [6, 6.07) is 1.49. The number of aliphatic hydroxyl groups is 1. The van der Waals surface area contributed by atoms with Crippen LogP contribution in [0.4, 0.5) is 8.78 Å². The van der Waals surface area contributed by atoms with Crippen LogP contribution in [0.2, 0.25) is 0 Å². The fourth-order valence-electron chi connectivity index (χ4n) is 1.43. The highest BCUT2D eigenvalue weighted by atomic mass is 35.5. The lowest BCUT2D eigenvalue weighted by Gasteiger charge is -2.19. The minimum atomic E-state index is -1.02. The maximum absolute atomic E-state index is 13.6. The van der Waals surface area contributed by atoms with Gasteiger partial charge in [-0.25, -0.2) is 8.78 Å². The second kappa shape index (κ2) is 6.13. The minimum Gasteiger partial charge on any atom is -0.391 e. The Labute approximate surface area is 99.9 Å². The fraction of sp³-hybridized carbons (Fsp3) is 0.455. The van der Waals surface area contributed by atoms with Gasteiger partial charge in [0, 0.05) is 5.56 Å². The van der Waals surface area contributed by atoms with E-state index < -0.39 is 23.8 Å². The number of aryl methyl sites for hydroxylation is 1. The lowest BCUT2D eigenvalue weighted by molar-refractivity contribution is 0.137. The van der Waals surface area contributed by atoms with E-state index in [2.05, 4.69) is 0 Å². The van der Waals surface area contributed by atoms with Crippen molar-refractivity contribution in [3.8, 4) is 0 Å². The van der Waals surface area contributed by atoms with Crippen LogP contribution in [0.3, 0.4) is 0 Å². The number of benzene rings is 1. The van der Waals surface area contributed by atoms with Crippen LogP contribution < -0.4 is 5.73 Å². The molecule has 2 nitrogen and oxygen atoms in total. The molecule has 0 fully saturated rings. The van der Waals surface area contributed by atoms with Crippen molar-refractivity contribution in [3.63, 3.8) is 0 Å². The topological polar surface area (TPSA) is 46.2 Å². The van der Waals surface area contributed by atoms with Crippen LogP contribution in [-0.4, -0.2) is 11.2 Å². The number of halogens is 3. The van der Waals surface area contributed by atoms with Crippen LogP contribution in [0.15, 0.2) is 12.1 Å². The molecule has 1 aromatic rings. The standard InChI is InChI=1S/C11H15F2NO.ClH/c1-3-8(15)11(14)9-7(12)5-4-6(2)10(9)13;/h4-5,8,11,15H,3,14H2,1-2H3;1H/t8-,11-;/m1./s1. The molecule has 16 heavy (non-hydrogen) atoms. The number of aliphatic hydroxyl groups excluding tert-OH is 1. The molecule has 92 valence electrons. The van der Waals surface area contributed by atoms with Gasteiger partial charge in [-0.1, -0.05) is 13.0 Å². The summed E-state index contributed by atoms with van der Waals surface area (Å²) in [5.41, 5.74) is 5.68.